The van der Waals surface area contributed by atoms with Crippen molar-refractivity contribution in [2.75, 3.05) is 31.1 Å². The number of nitrogens with zero attached hydrogens (tertiary/aromatic N) is 2. The van der Waals surface area contributed by atoms with E-state index >= 15 is 0 Å². The molecule has 0 bridgehead atoms. The van der Waals surface area contributed by atoms with Gasteiger partial charge in [-0.15, -0.1) is 0 Å². The lowest BCUT2D eigenvalue weighted by Crippen LogP contribution is -2.53. The van der Waals surface area contributed by atoms with Gasteiger partial charge in [-0.05, 0) is 37.6 Å². The van der Waals surface area contributed by atoms with Crippen molar-refractivity contribution < 1.29 is 9.59 Å². The lowest BCUT2D eigenvalue weighted by molar-refractivity contribution is -0.132. The normalized spacial score (nSPS) is 16.7. The van der Waals surface area contributed by atoms with Crippen LogP contribution in [-0.2, 0) is 4.79 Å². The number of carbonyl (C=O) groups is 2. The summed E-state index contributed by atoms with van der Waals surface area (Å²) in [5, 5.41) is 0. The number of hydrogen-bond donors (Lipinski definition) is 1. The van der Waals surface area contributed by atoms with Crippen LogP contribution in [0.4, 0.5) is 5.69 Å². The summed E-state index contributed by atoms with van der Waals surface area (Å²) in [6.45, 7) is 6.47. The molecular formula is C16H23N3O2. The van der Waals surface area contributed by atoms with E-state index in [9.17, 15) is 9.59 Å². The van der Waals surface area contributed by atoms with Gasteiger partial charge >= 0.3 is 0 Å². The summed E-state index contributed by atoms with van der Waals surface area (Å²) < 4.78 is 0. The summed E-state index contributed by atoms with van der Waals surface area (Å²) in [6, 6.07) is 7.24. The first kappa shape index (κ1) is 15.5. The van der Waals surface area contributed by atoms with Crippen LogP contribution in [0.3, 0.4) is 0 Å². The minimum Gasteiger partial charge on any atom is -0.368 e. The number of hydrogen-bond acceptors (Lipinski definition) is 4. The first-order chi connectivity index (χ1) is 10.0. The van der Waals surface area contributed by atoms with Crippen molar-refractivity contribution in [2.24, 2.45) is 5.73 Å². The predicted octanol–water partition coefficient (Wildman–Crippen LogP) is 1.28. The van der Waals surface area contributed by atoms with Crippen LogP contribution in [0.5, 0.6) is 0 Å². The van der Waals surface area contributed by atoms with Gasteiger partial charge in [0.15, 0.2) is 5.78 Å². The molecule has 0 saturated carbocycles. The van der Waals surface area contributed by atoms with Crippen molar-refractivity contribution in [1.82, 2.24) is 4.90 Å². The van der Waals surface area contributed by atoms with E-state index in [1.54, 1.807) is 6.92 Å². The van der Waals surface area contributed by atoms with Crippen LogP contribution in [-0.4, -0.2) is 48.8 Å². The lowest BCUT2D eigenvalue weighted by Gasteiger charge is -2.37. The van der Waals surface area contributed by atoms with E-state index in [1.165, 1.54) is 0 Å². The molecular weight excluding hydrogens is 266 g/mol. The van der Waals surface area contributed by atoms with Crippen LogP contribution in [0.2, 0.25) is 0 Å². The average Bonchev–Trinajstić information content (AvgIpc) is 2.53. The van der Waals surface area contributed by atoms with Gasteiger partial charge in [-0.3, -0.25) is 9.59 Å². The summed E-state index contributed by atoms with van der Waals surface area (Å²) in [4.78, 5) is 27.4. The van der Waals surface area contributed by atoms with E-state index in [2.05, 4.69) is 4.90 Å². The van der Waals surface area contributed by atoms with E-state index in [-0.39, 0.29) is 17.7 Å². The van der Waals surface area contributed by atoms with E-state index in [1.807, 2.05) is 36.1 Å². The van der Waals surface area contributed by atoms with Gasteiger partial charge in [0, 0.05) is 37.4 Å². The second-order valence-electron chi connectivity index (χ2n) is 5.43. The number of benzene rings is 1. The Bertz CT molecular complexity index is 505. The highest BCUT2D eigenvalue weighted by Gasteiger charge is 2.24. The molecule has 1 atom stereocenters. The number of Topliss-reactive ketones (excluding diaryl/α,β-unsaturated/α-hetero) is 1. The molecule has 1 aliphatic rings. The topological polar surface area (TPSA) is 66.6 Å². The Kier molecular flexibility index (Phi) is 4.96. The van der Waals surface area contributed by atoms with Crippen LogP contribution in [0, 0.1) is 0 Å². The molecule has 2 rings (SSSR count). The van der Waals surface area contributed by atoms with Gasteiger partial charge in [-0.2, -0.15) is 0 Å². The molecule has 1 heterocycles. The van der Waals surface area contributed by atoms with Crippen LogP contribution in [0.15, 0.2) is 24.3 Å². The Labute approximate surface area is 125 Å². The zero-order chi connectivity index (χ0) is 15.4. The third-order valence-corrected chi connectivity index (χ3v) is 3.99. The summed E-state index contributed by atoms with van der Waals surface area (Å²) in [5.41, 5.74) is 7.61. The number of piperazine rings is 1. The van der Waals surface area contributed by atoms with Gasteiger partial charge in [0.25, 0.3) is 0 Å². The fourth-order valence-electron chi connectivity index (χ4n) is 2.50. The fourth-order valence-corrected chi connectivity index (χ4v) is 2.50. The molecule has 1 aromatic rings. The standard InChI is InChI=1S/C16H23N3O2/c1-3-15(17)16(21)19-10-8-18(9-11-19)14-6-4-13(5-7-14)12(2)20/h4-7,15H,3,8-11,17H2,1-2H3/t15-/m1/s1. The minimum atomic E-state index is -0.383. The molecule has 1 amide bonds. The Morgan fingerprint density at radius 2 is 1.71 bits per heavy atom. The highest BCUT2D eigenvalue weighted by molar-refractivity contribution is 5.94. The molecule has 2 N–H and O–H groups in total. The average molecular weight is 289 g/mol. The van der Waals surface area contributed by atoms with Gasteiger partial charge in [0.2, 0.25) is 5.91 Å². The van der Waals surface area contributed by atoms with Gasteiger partial charge in [0.05, 0.1) is 6.04 Å². The molecule has 1 fully saturated rings. The summed E-state index contributed by atoms with van der Waals surface area (Å²) in [7, 11) is 0. The van der Waals surface area contributed by atoms with Gasteiger partial charge < -0.3 is 15.5 Å². The Morgan fingerprint density at radius 1 is 1.14 bits per heavy atom. The Balaban J connectivity index is 1.94. The molecule has 114 valence electrons. The van der Waals surface area contributed by atoms with Crippen molar-refractivity contribution in [2.45, 2.75) is 26.3 Å². The van der Waals surface area contributed by atoms with Gasteiger partial charge in [0.1, 0.15) is 0 Å². The van der Waals surface area contributed by atoms with E-state index in [0.717, 1.165) is 24.3 Å². The first-order valence-electron chi connectivity index (χ1n) is 7.43. The van der Waals surface area contributed by atoms with Crippen molar-refractivity contribution in [3.05, 3.63) is 29.8 Å². The quantitative estimate of drug-likeness (QED) is 0.848. The maximum Gasteiger partial charge on any atom is 0.239 e. The fraction of sp³-hybridized carbons (Fsp3) is 0.500. The van der Waals surface area contributed by atoms with Crippen molar-refractivity contribution in [3.8, 4) is 0 Å². The van der Waals surface area contributed by atoms with E-state index in [4.69, 9.17) is 5.73 Å². The third kappa shape index (κ3) is 3.61. The minimum absolute atomic E-state index is 0.0454. The maximum atomic E-state index is 12.0. The zero-order valence-corrected chi connectivity index (χ0v) is 12.7. The van der Waals surface area contributed by atoms with E-state index < -0.39 is 0 Å². The van der Waals surface area contributed by atoms with Gasteiger partial charge in [-0.1, -0.05) is 6.92 Å². The Morgan fingerprint density at radius 3 is 2.19 bits per heavy atom. The van der Waals surface area contributed by atoms with Crippen LogP contribution < -0.4 is 10.6 Å². The first-order valence-corrected chi connectivity index (χ1v) is 7.43. The molecule has 0 radical (unpaired) electrons. The maximum absolute atomic E-state index is 12.0. The number of carbonyl (C=O) groups excluding carboxylic acids is 2. The summed E-state index contributed by atoms with van der Waals surface area (Å²) in [5.74, 6) is 0.120. The number of rotatable bonds is 4. The van der Waals surface area contributed by atoms with Crippen molar-refractivity contribution in [3.63, 3.8) is 0 Å². The molecule has 0 aliphatic carbocycles. The zero-order valence-electron chi connectivity index (χ0n) is 12.7. The van der Waals surface area contributed by atoms with Crippen molar-refractivity contribution >= 4 is 17.4 Å². The lowest BCUT2D eigenvalue weighted by atomic mass is 10.1. The molecule has 1 aromatic carbocycles. The van der Waals surface area contributed by atoms with Crippen LogP contribution in [0.25, 0.3) is 0 Å². The number of anilines is 1. The van der Waals surface area contributed by atoms with Crippen molar-refractivity contribution in [1.29, 1.82) is 0 Å². The smallest absolute Gasteiger partial charge is 0.239 e. The molecule has 0 aromatic heterocycles. The molecule has 5 heteroatoms. The number of amides is 1. The number of nitrogens with two attached hydrogens (primary N) is 1. The Hall–Kier alpha value is -1.88. The summed E-state index contributed by atoms with van der Waals surface area (Å²) in [6.07, 6.45) is 0.672. The SMILES string of the molecule is CC[C@@H](N)C(=O)N1CCN(c2ccc(C(C)=O)cc2)CC1. The van der Waals surface area contributed by atoms with Crippen LogP contribution >= 0.6 is 0 Å². The molecule has 5 nitrogen and oxygen atoms in total. The molecule has 21 heavy (non-hydrogen) atoms. The third-order valence-electron chi connectivity index (χ3n) is 3.99. The second kappa shape index (κ2) is 6.72. The number of ketones is 1. The van der Waals surface area contributed by atoms with Gasteiger partial charge in [-0.25, -0.2) is 0 Å². The molecule has 0 unspecified atom stereocenters. The highest BCUT2D eigenvalue weighted by Crippen LogP contribution is 2.18. The molecule has 1 aliphatic heterocycles. The molecule has 1 saturated heterocycles. The second-order valence-corrected chi connectivity index (χ2v) is 5.43. The van der Waals surface area contributed by atoms with Crippen LogP contribution in [0.1, 0.15) is 30.6 Å². The van der Waals surface area contributed by atoms with E-state index in [0.29, 0.717) is 19.5 Å². The monoisotopic (exact) mass is 289 g/mol. The molecule has 0 spiro atoms. The predicted molar refractivity (Wildman–Crippen MR) is 83.5 cm³/mol. The largest absolute Gasteiger partial charge is 0.368 e. The summed E-state index contributed by atoms with van der Waals surface area (Å²) >= 11 is 0. The highest BCUT2D eigenvalue weighted by atomic mass is 16.2.